The molecule has 0 bridgehead atoms. The fraction of sp³-hybridized carbons (Fsp3) is 0.714. The second-order valence-corrected chi connectivity index (χ2v) is 5.71. The Hall–Kier alpha value is -1.52. The van der Waals surface area contributed by atoms with Gasteiger partial charge in [-0.3, -0.25) is 4.79 Å². The van der Waals surface area contributed by atoms with Gasteiger partial charge in [-0.25, -0.2) is 4.79 Å². The lowest BCUT2D eigenvalue weighted by Gasteiger charge is -2.30. The highest BCUT2D eigenvalue weighted by Gasteiger charge is 2.24. The van der Waals surface area contributed by atoms with E-state index in [0.717, 1.165) is 6.42 Å². The predicted molar refractivity (Wildman–Crippen MR) is 76.0 cm³/mol. The largest absolute Gasteiger partial charge is 0.481 e. The van der Waals surface area contributed by atoms with E-state index in [4.69, 9.17) is 5.11 Å². The van der Waals surface area contributed by atoms with Crippen molar-refractivity contribution in [3.63, 3.8) is 0 Å². The molecule has 0 aromatic carbocycles. The summed E-state index contributed by atoms with van der Waals surface area (Å²) in [7, 11) is 0. The van der Waals surface area contributed by atoms with Crippen LogP contribution in [0.2, 0.25) is 0 Å². The summed E-state index contributed by atoms with van der Waals surface area (Å²) in [6.07, 6.45) is 3.20. The van der Waals surface area contributed by atoms with Gasteiger partial charge in [-0.2, -0.15) is 0 Å². The molecule has 110 valence electrons. The Morgan fingerprint density at radius 2 is 1.89 bits per heavy atom. The van der Waals surface area contributed by atoms with Crippen molar-refractivity contribution in [2.45, 2.75) is 40.0 Å². The van der Waals surface area contributed by atoms with Gasteiger partial charge in [0.1, 0.15) is 0 Å². The number of aliphatic carboxylic acids is 1. The zero-order valence-electron chi connectivity index (χ0n) is 12.2. The number of hydrogen-bond donors (Lipinski definition) is 3. The van der Waals surface area contributed by atoms with E-state index in [9.17, 15) is 9.59 Å². The Bertz CT molecular complexity index is 308. The maximum Gasteiger partial charge on any atom is 0.315 e. The molecular formula is C14H26N2O3. The Balaban J connectivity index is 4.09. The minimum absolute atomic E-state index is 0.0364. The summed E-state index contributed by atoms with van der Waals surface area (Å²) in [6.45, 7) is 10.8. The van der Waals surface area contributed by atoms with Crippen LogP contribution in [0.25, 0.3) is 0 Å². The van der Waals surface area contributed by atoms with E-state index in [0.29, 0.717) is 19.5 Å². The topological polar surface area (TPSA) is 78.4 Å². The molecule has 0 spiro atoms. The molecule has 0 aliphatic heterocycles. The van der Waals surface area contributed by atoms with Crippen LogP contribution < -0.4 is 10.6 Å². The summed E-state index contributed by atoms with van der Waals surface area (Å²) in [5, 5.41) is 14.1. The number of carbonyl (C=O) groups is 2. The molecule has 0 saturated carbocycles. The SMILES string of the molecule is C=CCNC(=O)NCCC(CCC(=O)O)C(C)(C)C. The van der Waals surface area contributed by atoms with Gasteiger partial charge in [0.15, 0.2) is 0 Å². The second-order valence-electron chi connectivity index (χ2n) is 5.71. The average molecular weight is 270 g/mol. The molecule has 0 aromatic rings. The molecule has 1 atom stereocenters. The standard InChI is InChI=1S/C14H26N2O3/c1-5-9-15-13(19)16-10-8-11(14(2,3)4)6-7-12(17)18/h5,11H,1,6-10H2,2-4H3,(H,17,18)(H2,15,16,19). The Labute approximate surface area is 115 Å². The summed E-state index contributed by atoms with van der Waals surface area (Å²) in [5.41, 5.74) is 0.0364. The number of carbonyl (C=O) groups excluding carboxylic acids is 1. The molecule has 1 unspecified atom stereocenters. The van der Waals surface area contributed by atoms with Crippen molar-refractivity contribution in [2.24, 2.45) is 11.3 Å². The van der Waals surface area contributed by atoms with Gasteiger partial charge in [-0.1, -0.05) is 26.8 Å². The third-order valence-electron chi connectivity index (χ3n) is 3.12. The number of amides is 2. The number of hydrogen-bond acceptors (Lipinski definition) is 2. The summed E-state index contributed by atoms with van der Waals surface area (Å²) in [4.78, 5) is 22.0. The molecule has 0 aliphatic rings. The molecule has 3 N–H and O–H groups in total. The molecule has 0 aromatic heterocycles. The fourth-order valence-electron chi connectivity index (χ4n) is 1.90. The van der Waals surface area contributed by atoms with Crippen molar-refractivity contribution >= 4 is 12.0 Å². The van der Waals surface area contributed by atoms with Crippen LogP contribution in [0.4, 0.5) is 4.79 Å². The maximum absolute atomic E-state index is 11.3. The van der Waals surface area contributed by atoms with Gasteiger partial charge in [0.05, 0.1) is 0 Å². The summed E-state index contributed by atoms with van der Waals surface area (Å²) >= 11 is 0. The predicted octanol–water partition coefficient (Wildman–Crippen LogP) is 2.39. The first-order valence-electron chi connectivity index (χ1n) is 6.61. The minimum atomic E-state index is -0.772. The maximum atomic E-state index is 11.3. The van der Waals surface area contributed by atoms with Crippen LogP contribution in [-0.2, 0) is 4.79 Å². The van der Waals surface area contributed by atoms with E-state index in [1.165, 1.54) is 0 Å². The van der Waals surface area contributed by atoms with Crippen molar-refractivity contribution in [1.29, 1.82) is 0 Å². The molecule has 0 fully saturated rings. The van der Waals surface area contributed by atoms with E-state index < -0.39 is 5.97 Å². The molecule has 0 aliphatic carbocycles. The first-order chi connectivity index (χ1) is 8.77. The van der Waals surface area contributed by atoms with Crippen LogP contribution in [-0.4, -0.2) is 30.2 Å². The summed E-state index contributed by atoms with van der Waals surface area (Å²) in [6, 6.07) is -0.217. The number of carboxylic acids is 1. The van der Waals surface area contributed by atoms with Crippen molar-refractivity contribution in [1.82, 2.24) is 10.6 Å². The number of rotatable bonds is 8. The molecule has 5 heteroatoms. The lowest BCUT2D eigenvalue weighted by Crippen LogP contribution is -2.37. The average Bonchev–Trinajstić information content (AvgIpc) is 2.28. The van der Waals surface area contributed by atoms with Crippen molar-refractivity contribution < 1.29 is 14.7 Å². The highest BCUT2D eigenvalue weighted by molar-refractivity contribution is 5.73. The van der Waals surface area contributed by atoms with Crippen molar-refractivity contribution in [2.75, 3.05) is 13.1 Å². The monoisotopic (exact) mass is 270 g/mol. The first kappa shape index (κ1) is 17.5. The number of carboxylic acid groups (broad SMARTS) is 1. The lowest BCUT2D eigenvalue weighted by molar-refractivity contribution is -0.137. The van der Waals surface area contributed by atoms with Crippen LogP contribution in [0.5, 0.6) is 0 Å². The van der Waals surface area contributed by atoms with E-state index in [1.54, 1.807) is 6.08 Å². The third-order valence-corrected chi connectivity index (χ3v) is 3.12. The van der Waals surface area contributed by atoms with Crippen LogP contribution in [0.15, 0.2) is 12.7 Å². The lowest BCUT2D eigenvalue weighted by atomic mass is 9.76. The van der Waals surface area contributed by atoms with Crippen LogP contribution >= 0.6 is 0 Å². The zero-order chi connectivity index (χ0) is 14.9. The Morgan fingerprint density at radius 3 is 2.37 bits per heavy atom. The molecule has 2 amide bonds. The normalized spacial score (nSPS) is 12.6. The number of nitrogens with one attached hydrogen (secondary N) is 2. The van der Waals surface area contributed by atoms with Crippen LogP contribution in [0.1, 0.15) is 40.0 Å². The summed E-state index contributed by atoms with van der Waals surface area (Å²) in [5.74, 6) is -0.505. The highest BCUT2D eigenvalue weighted by atomic mass is 16.4. The summed E-state index contributed by atoms with van der Waals surface area (Å²) < 4.78 is 0. The van der Waals surface area contributed by atoms with Gasteiger partial charge < -0.3 is 15.7 Å². The van der Waals surface area contributed by atoms with E-state index in [2.05, 4.69) is 38.0 Å². The first-order valence-corrected chi connectivity index (χ1v) is 6.61. The molecular weight excluding hydrogens is 244 g/mol. The fourth-order valence-corrected chi connectivity index (χ4v) is 1.90. The van der Waals surface area contributed by atoms with Crippen molar-refractivity contribution in [3.05, 3.63) is 12.7 Å². The van der Waals surface area contributed by atoms with E-state index in [-0.39, 0.29) is 23.8 Å². The Morgan fingerprint density at radius 1 is 1.26 bits per heavy atom. The minimum Gasteiger partial charge on any atom is -0.481 e. The molecule has 0 saturated heterocycles. The second kappa shape index (κ2) is 8.56. The molecule has 0 radical (unpaired) electrons. The smallest absolute Gasteiger partial charge is 0.315 e. The zero-order valence-corrected chi connectivity index (χ0v) is 12.2. The van der Waals surface area contributed by atoms with Gasteiger partial charge in [0.2, 0.25) is 0 Å². The molecule has 0 rings (SSSR count). The third kappa shape index (κ3) is 9.11. The molecule has 5 nitrogen and oxygen atoms in total. The van der Waals surface area contributed by atoms with E-state index >= 15 is 0 Å². The highest BCUT2D eigenvalue weighted by Crippen LogP contribution is 2.32. The van der Waals surface area contributed by atoms with Gasteiger partial charge in [-0.05, 0) is 24.2 Å². The quantitative estimate of drug-likeness (QED) is 0.593. The van der Waals surface area contributed by atoms with E-state index in [1.807, 2.05) is 0 Å². The molecule has 19 heavy (non-hydrogen) atoms. The Kier molecular flexibility index (Phi) is 7.87. The van der Waals surface area contributed by atoms with Gasteiger partial charge in [-0.15, -0.1) is 6.58 Å². The van der Waals surface area contributed by atoms with Crippen LogP contribution in [0, 0.1) is 11.3 Å². The van der Waals surface area contributed by atoms with Gasteiger partial charge in [0.25, 0.3) is 0 Å². The van der Waals surface area contributed by atoms with Crippen molar-refractivity contribution in [3.8, 4) is 0 Å². The van der Waals surface area contributed by atoms with Gasteiger partial charge in [0, 0.05) is 19.5 Å². The molecule has 0 heterocycles. The van der Waals surface area contributed by atoms with Gasteiger partial charge >= 0.3 is 12.0 Å². The number of urea groups is 1. The van der Waals surface area contributed by atoms with Crippen LogP contribution in [0.3, 0.4) is 0 Å².